The van der Waals surface area contributed by atoms with Crippen molar-refractivity contribution in [1.29, 1.82) is 0 Å². The predicted molar refractivity (Wildman–Crippen MR) is 92.1 cm³/mol. The predicted octanol–water partition coefficient (Wildman–Crippen LogP) is 1.73. The highest BCUT2D eigenvalue weighted by Crippen LogP contribution is 2.38. The molecule has 2 saturated heterocycles. The minimum Gasteiger partial charge on any atom is -0.493 e. The maximum absolute atomic E-state index is 6.25. The van der Waals surface area contributed by atoms with E-state index in [-0.39, 0.29) is 6.10 Å². The first kappa shape index (κ1) is 16.6. The van der Waals surface area contributed by atoms with Crippen LogP contribution in [-0.2, 0) is 0 Å². The summed E-state index contributed by atoms with van der Waals surface area (Å²) in [6.07, 6.45) is 2.44. The number of hydrogen-bond acceptors (Lipinski definition) is 5. The van der Waals surface area contributed by atoms with E-state index in [9.17, 15) is 0 Å². The van der Waals surface area contributed by atoms with E-state index in [1.807, 2.05) is 6.07 Å². The molecule has 3 rings (SSSR count). The first-order chi connectivity index (χ1) is 11.1. The van der Waals surface area contributed by atoms with Crippen LogP contribution in [0.25, 0.3) is 0 Å². The molecule has 0 aliphatic carbocycles. The molecule has 1 aromatic rings. The van der Waals surface area contributed by atoms with Crippen molar-refractivity contribution < 1.29 is 9.47 Å². The van der Waals surface area contributed by atoms with Gasteiger partial charge in [0, 0.05) is 25.7 Å². The van der Waals surface area contributed by atoms with Crippen molar-refractivity contribution in [2.24, 2.45) is 11.7 Å². The lowest BCUT2D eigenvalue weighted by Gasteiger charge is -2.22. The molecule has 128 valence electrons. The molecule has 2 aliphatic heterocycles. The normalized spacial score (nSPS) is 29.1. The molecule has 23 heavy (non-hydrogen) atoms. The third-order valence-electron chi connectivity index (χ3n) is 5.18. The van der Waals surface area contributed by atoms with Crippen molar-refractivity contribution in [3.63, 3.8) is 0 Å². The average Bonchev–Trinajstić information content (AvgIpc) is 3.13. The van der Waals surface area contributed by atoms with E-state index in [1.165, 1.54) is 5.56 Å². The highest BCUT2D eigenvalue weighted by atomic mass is 16.5. The van der Waals surface area contributed by atoms with Crippen LogP contribution in [-0.4, -0.2) is 63.3 Å². The van der Waals surface area contributed by atoms with E-state index >= 15 is 0 Å². The molecule has 1 aromatic carbocycles. The summed E-state index contributed by atoms with van der Waals surface area (Å²) in [6.45, 7) is 3.90. The van der Waals surface area contributed by atoms with Crippen LogP contribution in [0.1, 0.15) is 24.4 Å². The van der Waals surface area contributed by atoms with Crippen LogP contribution in [0.2, 0.25) is 0 Å². The van der Waals surface area contributed by atoms with Gasteiger partial charge in [0.05, 0.1) is 7.11 Å². The van der Waals surface area contributed by atoms with E-state index in [2.05, 4.69) is 36.0 Å². The maximum atomic E-state index is 6.25. The summed E-state index contributed by atoms with van der Waals surface area (Å²) in [5, 5.41) is 0. The summed E-state index contributed by atoms with van der Waals surface area (Å²) >= 11 is 0. The Hall–Kier alpha value is -1.30. The van der Waals surface area contributed by atoms with Gasteiger partial charge in [-0.1, -0.05) is 6.07 Å². The fourth-order valence-electron chi connectivity index (χ4n) is 3.83. The van der Waals surface area contributed by atoms with Gasteiger partial charge in [-0.15, -0.1) is 0 Å². The Morgan fingerprint density at radius 3 is 2.65 bits per heavy atom. The number of ether oxygens (including phenoxy) is 2. The minimum absolute atomic E-state index is 0.252. The second kappa shape index (κ2) is 7.07. The lowest BCUT2D eigenvalue weighted by molar-refractivity contribution is 0.199. The molecule has 2 N–H and O–H groups in total. The summed E-state index contributed by atoms with van der Waals surface area (Å²) in [4.78, 5) is 4.70. The number of nitrogens with two attached hydrogens (primary N) is 1. The Morgan fingerprint density at radius 1 is 1.22 bits per heavy atom. The number of methoxy groups -OCH3 is 1. The molecule has 0 saturated carbocycles. The van der Waals surface area contributed by atoms with Crippen LogP contribution in [0, 0.1) is 5.92 Å². The molecule has 0 spiro atoms. The Labute approximate surface area is 139 Å². The molecule has 2 heterocycles. The lowest BCUT2D eigenvalue weighted by Crippen LogP contribution is -2.22. The molecule has 3 atom stereocenters. The van der Waals surface area contributed by atoms with Gasteiger partial charge in [-0.2, -0.15) is 0 Å². The smallest absolute Gasteiger partial charge is 0.161 e. The summed E-state index contributed by atoms with van der Waals surface area (Å²) in [5.41, 5.74) is 7.15. The molecule has 2 fully saturated rings. The topological polar surface area (TPSA) is 51.0 Å². The van der Waals surface area contributed by atoms with Gasteiger partial charge in [0.15, 0.2) is 11.5 Å². The third kappa shape index (κ3) is 3.62. The molecule has 0 amide bonds. The average molecular weight is 319 g/mol. The van der Waals surface area contributed by atoms with E-state index in [1.54, 1.807) is 7.11 Å². The van der Waals surface area contributed by atoms with Crippen molar-refractivity contribution in [3.05, 3.63) is 23.8 Å². The van der Waals surface area contributed by atoms with E-state index in [0.29, 0.717) is 12.0 Å². The zero-order valence-corrected chi connectivity index (χ0v) is 14.5. The number of rotatable bonds is 5. The molecular weight excluding hydrogens is 290 g/mol. The van der Waals surface area contributed by atoms with Crippen LogP contribution < -0.4 is 15.2 Å². The van der Waals surface area contributed by atoms with Crippen molar-refractivity contribution in [1.82, 2.24) is 9.80 Å². The minimum atomic E-state index is 0.252. The first-order valence-electron chi connectivity index (χ1n) is 8.54. The Kier molecular flexibility index (Phi) is 5.09. The second-order valence-corrected chi connectivity index (χ2v) is 6.99. The van der Waals surface area contributed by atoms with Crippen LogP contribution in [0.3, 0.4) is 0 Å². The lowest BCUT2D eigenvalue weighted by atomic mass is 9.99. The largest absolute Gasteiger partial charge is 0.493 e. The van der Waals surface area contributed by atoms with E-state index < -0.39 is 0 Å². The number of likely N-dealkylation sites (N-methyl/N-ethyl adjacent to an activating group) is 1. The fourth-order valence-corrected chi connectivity index (χ4v) is 3.83. The van der Waals surface area contributed by atoms with Gasteiger partial charge in [-0.05, 0) is 57.1 Å². The molecule has 2 aliphatic rings. The SMILES string of the molecule is COc1ccc(C2CC(CN)CN2C)cc1OC1CCN(C)C1. The summed E-state index contributed by atoms with van der Waals surface area (Å²) in [6, 6.07) is 6.78. The fraction of sp³-hybridized carbons (Fsp3) is 0.667. The molecule has 5 nitrogen and oxygen atoms in total. The number of benzene rings is 1. The van der Waals surface area contributed by atoms with Gasteiger partial charge in [0.1, 0.15) is 6.10 Å². The Morgan fingerprint density at radius 2 is 2.04 bits per heavy atom. The van der Waals surface area contributed by atoms with Gasteiger partial charge in [0.2, 0.25) is 0 Å². The highest BCUT2D eigenvalue weighted by molar-refractivity contribution is 5.44. The number of likely N-dealkylation sites (tertiary alicyclic amines) is 2. The standard InChI is InChI=1S/C18H29N3O2/c1-20-7-6-15(12-20)23-18-9-14(4-5-17(18)22-3)16-8-13(10-19)11-21(16)2/h4-5,9,13,15-16H,6-8,10-12,19H2,1-3H3. The van der Waals surface area contributed by atoms with Crippen LogP contribution >= 0.6 is 0 Å². The van der Waals surface area contributed by atoms with Gasteiger partial charge in [-0.3, -0.25) is 4.90 Å². The van der Waals surface area contributed by atoms with Crippen LogP contribution in [0.4, 0.5) is 0 Å². The molecule has 5 heteroatoms. The summed E-state index contributed by atoms with van der Waals surface area (Å²) in [7, 11) is 6.02. The van der Waals surface area contributed by atoms with Crippen LogP contribution in [0.5, 0.6) is 11.5 Å². The van der Waals surface area contributed by atoms with Crippen molar-refractivity contribution >= 4 is 0 Å². The summed E-state index contributed by atoms with van der Waals surface area (Å²) < 4.78 is 11.7. The molecule has 0 radical (unpaired) electrons. The quantitative estimate of drug-likeness (QED) is 0.896. The van der Waals surface area contributed by atoms with Gasteiger partial charge >= 0.3 is 0 Å². The van der Waals surface area contributed by atoms with Crippen molar-refractivity contribution in [2.45, 2.75) is 25.0 Å². The highest BCUT2D eigenvalue weighted by Gasteiger charge is 2.30. The zero-order valence-electron chi connectivity index (χ0n) is 14.5. The molecule has 0 bridgehead atoms. The second-order valence-electron chi connectivity index (χ2n) is 6.99. The third-order valence-corrected chi connectivity index (χ3v) is 5.18. The van der Waals surface area contributed by atoms with E-state index in [0.717, 1.165) is 50.5 Å². The zero-order chi connectivity index (χ0) is 16.4. The van der Waals surface area contributed by atoms with Crippen molar-refractivity contribution in [2.75, 3.05) is 47.4 Å². The number of nitrogens with zero attached hydrogens (tertiary/aromatic N) is 2. The van der Waals surface area contributed by atoms with Gasteiger partial charge in [0.25, 0.3) is 0 Å². The molecule has 0 aromatic heterocycles. The summed E-state index contributed by atoms with van der Waals surface area (Å²) in [5.74, 6) is 2.27. The maximum Gasteiger partial charge on any atom is 0.161 e. The van der Waals surface area contributed by atoms with Crippen molar-refractivity contribution in [3.8, 4) is 11.5 Å². The van der Waals surface area contributed by atoms with Gasteiger partial charge < -0.3 is 20.1 Å². The monoisotopic (exact) mass is 319 g/mol. The number of hydrogen-bond donors (Lipinski definition) is 1. The molecule has 3 unspecified atom stereocenters. The Balaban J connectivity index is 1.78. The van der Waals surface area contributed by atoms with Gasteiger partial charge in [-0.25, -0.2) is 0 Å². The van der Waals surface area contributed by atoms with E-state index in [4.69, 9.17) is 15.2 Å². The molecular formula is C18H29N3O2. The Bertz CT molecular complexity index is 537. The first-order valence-corrected chi connectivity index (χ1v) is 8.54. The van der Waals surface area contributed by atoms with Crippen LogP contribution in [0.15, 0.2) is 18.2 Å².